The third-order valence-corrected chi connectivity index (χ3v) is 3.05. The molecule has 0 amide bonds. The van der Waals surface area contributed by atoms with Crippen LogP contribution in [0.1, 0.15) is 22.7 Å². The lowest BCUT2D eigenvalue weighted by Crippen LogP contribution is -2.12. The summed E-state index contributed by atoms with van der Waals surface area (Å²) in [7, 11) is 0. The van der Waals surface area contributed by atoms with Crippen LogP contribution in [0.25, 0.3) is 5.52 Å². The molecule has 0 spiro atoms. The van der Waals surface area contributed by atoms with Crippen molar-refractivity contribution in [3.63, 3.8) is 0 Å². The minimum atomic E-state index is -0.197. The van der Waals surface area contributed by atoms with Crippen molar-refractivity contribution in [3.8, 4) is 0 Å². The molecule has 0 aromatic carbocycles. The SMILES string of the molecule is Cc1cncc(C(N)c2cnn3ccccc23)c1. The topological polar surface area (TPSA) is 56.2 Å². The van der Waals surface area contributed by atoms with Crippen LogP contribution in [-0.2, 0) is 0 Å². The van der Waals surface area contributed by atoms with Crippen LogP contribution in [0.2, 0.25) is 0 Å². The van der Waals surface area contributed by atoms with E-state index >= 15 is 0 Å². The van der Waals surface area contributed by atoms with Crippen LogP contribution in [0.3, 0.4) is 0 Å². The Hall–Kier alpha value is -2.20. The van der Waals surface area contributed by atoms with Gasteiger partial charge in [0.15, 0.2) is 0 Å². The van der Waals surface area contributed by atoms with Gasteiger partial charge in [-0.15, -0.1) is 0 Å². The van der Waals surface area contributed by atoms with Crippen molar-refractivity contribution in [2.75, 3.05) is 0 Å². The highest BCUT2D eigenvalue weighted by Gasteiger charge is 2.14. The van der Waals surface area contributed by atoms with Crippen molar-refractivity contribution in [1.29, 1.82) is 0 Å². The molecule has 3 rings (SSSR count). The Labute approximate surface area is 105 Å². The second-order valence-electron chi connectivity index (χ2n) is 4.40. The molecule has 0 radical (unpaired) electrons. The van der Waals surface area contributed by atoms with E-state index in [1.807, 2.05) is 54.4 Å². The first-order valence-corrected chi connectivity index (χ1v) is 5.85. The van der Waals surface area contributed by atoms with Gasteiger partial charge in [-0.1, -0.05) is 12.1 Å². The Balaban J connectivity index is 2.09. The minimum Gasteiger partial charge on any atom is -0.320 e. The summed E-state index contributed by atoms with van der Waals surface area (Å²) in [6.07, 6.45) is 7.37. The van der Waals surface area contributed by atoms with Gasteiger partial charge in [0, 0.05) is 24.2 Å². The summed E-state index contributed by atoms with van der Waals surface area (Å²) in [5.74, 6) is 0. The van der Waals surface area contributed by atoms with Gasteiger partial charge in [-0.2, -0.15) is 5.10 Å². The lowest BCUT2D eigenvalue weighted by Gasteiger charge is -2.10. The third kappa shape index (κ3) is 1.76. The summed E-state index contributed by atoms with van der Waals surface area (Å²) in [4.78, 5) is 4.19. The van der Waals surface area contributed by atoms with E-state index in [2.05, 4.69) is 16.1 Å². The molecule has 3 heterocycles. The van der Waals surface area contributed by atoms with E-state index in [1.54, 1.807) is 0 Å². The summed E-state index contributed by atoms with van der Waals surface area (Å²) in [6.45, 7) is 2.01. The van der Waals surface area contributed by atoms with Crippen molar-refractivity contribution >= 4 is 5.52 Å². The molecule has 0 aliphatic heterocycles. The highest BCUT2D eigenvalue weighted by molar-refractivity contribution is 5.56. The maximum absolute atomic E-state index is 6.30. The molecule has 0 saturated carbocycles. The van der Waals surface area contributed by atoms with E-state index in [4.69, 9.17) is 5.73 Å². The first kappa shape index (κ1) is 10.9. The zero-order valence-corrected chi connectivity index (χ0v) is 10.1. The number of nitrogens with two attached hydrogens (primary N) is 1. The van der Waals surface area contributed by atoms with Crippen LogP contribution < -0.4 is 5.73 Å². The van der Waals surface area contributed by atoms with Gasteiger partial charge in [0.05, 0.1) is 17.8 Å². The summed E-state index contributed by atoms with van der Waals surface area (Å²) in [6, 6.07) is 7.82. The smallest absolute Gasteiger partial charge is 0.0712 e. The number of aromatic nitrogens is 3. The predicted octanol–water partition coefficient (Wildman–Crippen LogP) is 2.09. The van der Waals surface area contributed by atoms with Gasteiger partial charge in [-0.05, 0) is 30.2 Å². The summed E-state index contributed by atoms with van der Waals surface area (Å²) >= 11 is 0. The molecule has 3 aromatic rings. The second-order valence-corrected chi connectivity index (χ2v) is 4.40. The molecule has 0 fully saturated rings. The maximum Gasteiger partial charge on any atom is 0.0712 e. The van der Waals surface area contributed by atoms with Crippen LogP contribution in [0.4, 0.5) is 0 Å². The number of hydrogen-bond donors (Lipinski definition) is 1. The number of pyridine rings is 2. The fraction of sp³-hybridized carbons (Fsp3) is 0.143. The average molecular weight is 238 g/mol. The van der Waals surface area contributed by atoms with Crippen LogP contribution in [0.15, 0.2) is 49.1 Å². The van der Waals surface area contributed by atoms with E-state index in [0.29, 0.717) is 0 Å². The van der Waals surface area contributed by atoms with E-state index in [9.17, 15) is 0 Å². The standard InChI is InChI=1S/C14H14N4/c1-10-6-11(8-16-7-10)14(15)12-9-17-18-5-3-2-4-13(12)18/h2-9,14H,15H2,1H3. The van der Waals surface area contributed by atoms with Crippen LogP contribution in [0, 0.1) is 6.92 Å². The van der Waals surface area contributed by atoms with Gasteiger partial charge in [0.2, 0.25) is 0 Å². The quantitative estimate of drug-likeness (QED) is 0.743. The summed E-state index contributed by atoms with van der Waals surface area (Å²) in [5.41, 5.74) is 10.5. The van der Waals surface area contributed by atoms with Crippen molar-refractivity contribution in [2.24, 2.45) is 5.73 Å². The number of nitrogens with zero attached hydrogens (tertiary/aromatic N) is 3. The van der Waals surface area contributed by atoms with E-state index in [-0.39, 0.29) is 6.04 Å². The molecular weight excluding hydrogens is 224 g/mol. The van der Waals surface area contributed by atoms with Crippen LogP contribution in [-0.4, -0.2) is 14.6 Å². The Kier molecular flexibility index (Phi) is 2.57. The van der Waals surface area contributed by atoms with E-state index < -0.39 is 0 Å². The van der Waals surface area contributed by atoms with Gasteiger partial charge in [0.25, 0.3) is 0 Å². The highest BCUT2D eigenvalue weighted by Crippen LogP contribution is 2.23. The number of fused-ring (bicyclic) bond motifs is 1. The zero-order valence-electron chi connectivity index (χ0n) is 10.1. The largest absolute Gasteiger partial charge is 0.320 e. The molecule has 0 aliphatic carbocycles. The Morgan fingerprint density at radius 1 is 1.22 bits per heavy atom. The minimum absolute atomic E-state index is 0.197. The summed E-state index contributed by atoms with van der Waals surface area (Å²) < 4.78 is 1.83. The molecule has 3 aromatic heterocycles. The van der Waals surface area contributed by atoms with Crippen LogP contribution in [0.5, 0.6) is 0 Å². The molecule has 90 valence electrons. The fourth-order valence-electron chi connectivity index (χ4n) is 2.12. The molecule has 1 unspecified atom stereocenters. The molecular formula is C14H14N4. The Bertz CT molecular complexity index is 687. The number of hydrogen-bond acceptors (Lipinski definition) is 3. The maximum atomic E-state index is 6.30. The molecule has 0 bridgehead atoms. The predicted molar refractivity (Wildman–Crippen MR) is 70.2 cm³/mol. The highest BCUT2D eigenvalue weighted by atomic mass is 15.2. The van der Waals surface area contributed by atoms with Gasteiger partial charge < -0.3 is 5.73 Å². The van der Waals surface area contributed by atoms with E-state index in [1.165, 1.54) is 0 Å². The normalized spacial score (nSPS) is 12.8. The third-order valence-electron chi connectivity index (χ3n) is 3.05. The Morgan fingerprint density at radius 3 is 2.94 bits per heavy atom. The fourth-order valence-corrected chi connectivity index (χ4v) is 2.12. The lowest BCUT2D eigenvalue weighted by molar-refractivity contribution is 0.868. The van der Waals surface area contributed by atoms with Crippen molar-refractivity contribution < 1.29 is 0 Å². The monoisotopic (exact) mass is 238 g/mol. The molecule has 18 heavy (non-hydrogen) atoms. The van der Waals surface area contributed by atoms with Crippen molar-refractivity contribution in [3.05, 3.63) is 65.7 Å². The lowest BCUT2D eigenvalue weighted by atomic mass is 10.0. The molecule has 1 atom stereocenters. The first-order valence-electron chi connectivity index (χ1n) is 5.85. The van der Waals surface area contributed by atoms with E-state index in [0.717, 1.165) is 22.2 Å². The number of rotatable bonds is 2. The molecule has 0 aliphatic rings. The van der Waals surface area contributed by atoms with Crippen molar-refractivity contribution in [2.45, 2.75) is 13.0 Å². The molecule has 0 saturated heterocycles. The number of aryl methyl sites for hydroxylation is 1. The van der Waals surface area contributed by atoms with Crippen LogP contribution >= 0.6 is 0 Å². The Morgan fingerprint density at radius 2 is 2.11 bits per heavy atom. The van der Waals surface area contributed by atoms with Gasteiger partial charge >= 0.3 is 0 Å². The summed E-state index contributed by atoms with van der Waals surface area (Å²) in [5, 5.41) is 4.30. The average Bonchev–Trinajstić information content (AvgIpc) is 2.82. The van der Waals surface area contributed by atoms with Crippen molar-refractivity contribution in [1.82, 2.24) is 14.6 Å². The molecule has 4 heteroatoms. The zero-order chi connectivity index (χ0) is 12.5. The molecule has 4 nitrogen and oxygen atoms in total. The van der Waals surface area contributed by atoms with Gasteiger partial charge in [0.1, 0.15) is 0 Å². The molecule has 2 N–H and O–H groups in total. The first-order chi connectivity index (χ1) is 8.75. The van der Waals surface area contributed by atoms with Gasteiger partial charge in [-0.25, -0.2) is 4.52 Å². The van der Waals surface area contributed by atoms with Gasteiger partial charge in [-0.3, -0.25) is 4.98 Å². The second kappa shape index (κ2) is 4.23.